The summed E-state index contributed by atoms with van der Waals surface area (Å²) in [6.45, 7) is 11.9. The van der Waals surface area contributed by atoms with Gasteiger partial charge in [0, 0.05) is 49.5 Å². The second kappa shape index (κ2) is 24.3. The van der Waals surface area contributed by atoms with Crippen molar-refractivity contribution in [3.05, 3.63) is 150 Å². The Labute approximate surface area is 386 Å². The molecule has 6 aromatic carbocycles. The summed E-state index contributed by atoms with van der Waals surface area (Å²) in [6.07, 6.45) is 2.30. The molecule has 0 bridgehead atoms. The predicted octanol–water partition coefficient (Wildman–Crippen LogP) is 10.3. The molecule has 2 heterocycles. The number of nitrogens with one attached hydrogen (secondary N) is 3. The van der Waals surface area contributed by atoms with Gasteiger partial charge in [-0.05, 0) is 114 Å². The zero-order chi connectivity index (χ0) is 42.0. The van der Waals surface area contributed by atoms with Gasteiger partial charge in [0.2, 0.25) is 0 Å². The van der Waals surface area contributed by atoms with E-state index in [4.69, 9.17) is 0 Å². The Kier molecular flexibility index (Phi) is 20.6. The van der Waals surface area contributed by atoms with Crippen LogP contribution < -0.4 is 20.9 Å². The second-order valence-corrected chi connectivity index (χ2v) is 19.8. The first kappa shape index (κ1) is 52.6. The summed E-state index contributed by atoms with van der Waals surface area (Å²) in [5.41, 5.74) is 3.82. The summed E-state index contributed by atoms with van der Waals surface area (Å²) in [7, 11) is -6.33. The van der Waals surface area contributed by atoms with Gasteiger partial charge >= 0.3 is 0 Å². The molecule has 2 aliphatic rings. The van der Waals surface area contributed by atoms with Gasteiger partial charge in [-0.3, -0.25) is 0 Å². The molecule has 0 aromatic heterocycles. The lowest BCUT2D eigenvalue weighted by atomic mass is 9.99. The number of hydrogen-bond acceptors (Lipinski definition) is 8. The van der Waals surface area contributed by atoms with Gasteiger partial charge in [-0.1, -0.05) is 98.8 Å². The molecule has 62 heavy (non-hydrogen) atoms. The van der Waals surface area contributed by atoms with Crippen molar-refractivity contribution in [3.63, 3.8) is 0 Å². The van der Waals surface area contributed by atoms with E-state index >= 15 is 0 Å². The molecular weight excluding hydrogens is 886 g/mol. The fraction of sp³-hybridized carbons (Fsp3) is 0.333. The van der Waals surface area contributed by atoms with Crippen LogP contribution in [0.4, 0.5) is 10.1 Å². The highest BCUT2D eigenvalue weighted by molar-refractivity contribution is 7.91. The number of anilines is 1. The predicted molar refractivity (Wildman–Crippen MR) is 263 cm³/mol. The van der Waals surface area contributed by atoms with Crippen molar-refractivity contribution >= 4 is 84.1 Å². The Morgan fingerprint density at radius 1 is 0.613 bits per heavy atom. The first-order valence-corrected chi connectivity index (χ1v) is 23.9. The third-order valence-electron chi connectivity index (χ3n) is 11.3. The Morgan fingerprint density at radius 3 is 1.53 bits per heavy atom. The van der Waals surface area contributed by atoms with Crippen molar-refractivity contribution in [2.45, 2.75) is 74.5 Å². The smallest absolute Gasteiger partial charge is 0.178 e. The SMILES string of the molecule is CCS(=O)(=O)c1ccc(F)cc1.CCS(=O)(=O)c1ccc(N2CC[C@H](N[C@H](C)c3cccc4ccccc34)C2)cc1.C[C@@H](N[C@H]1CCNC1)c1cccc2ccccc12.Cl.Cl.Cl. The minimum Gasteiger partial charge on any atom is -0.370 e. The molecule has 0 spiro atoms. The van der Waals surface area contributed by atoms with Crippen molar-refractivity contribution < 1.29 is 21.2 Å². The van der Waals surface area contributed by atoms with E-state index in [9.17, 15) is 21.2 Å². The van der Waals surface area contributed by atoms with Crippen LogP contribution in [0.25, 0.3) is 21.5 Å². The summed E-state index contributed by atoms with van der Waals surface area (Å²) < 4.78 is 58.8. The number of hydrogen-bond donors (Lipinski definition) is 3. The Hall–Kier alpha value is -3.78. The van der Waals surface area contributed by atoms with E-state index in [1.165, 1.54) is 51.2 Å². The average molecular weight is 947 g/mol. The third kappa shape index (κ3) is 13.6. The second-order valence-electron chi connectivity index (χ2n) is 15.3. The standard InChI is InChI=1S/C24H28N2O2S.C16H20N2.C8H9FO2S.3ClH/c1-3-29(27,28)22-13-11-21(12-14-22)26-16-15-20(17-26)25-18(2)23-10-6-8-19-7-4-5-9-24(19)23;1-12(18-14-9-10-17-11-14)15-8-4-6-13-5-2-3-7-16(13)15;1-2-12(10,11)8-5-3-7(9)4-6-8;;;/h4-14,18,20,25H,3,15-17H2,1-2H3;2-8,12,14,17-18H,9-11H2,1H3;3-6H,2H2,1H3;3*1H/t18-,20+;12-,14+;;;;/m11..../s1. The van der Waals surface area contributed by atoms with E-state index in [0.717, 1.165) is 50.4 Å². The summed E-state index contributed by atoms with van der Waals surface area (Å²) in [4.78, 5) is 2.91. The number of nitrogens with zero attached hydrogens (tertiary/aromatic N) is 1. The highest BCUT2D eigenvalue weighted by atomic mass is 35.5. The maximum atomic E-state index is 12.4. The Bertz CT molecular complexity index is 2520. The zero-order valence-corrected chi connectivity index (χ0v) is 39.7. The maximum Gasteiger partial charge on any atom is 0.178 e. The van der Waals surface area contributed by atoms with E-state index < -0.39 is 25.5 Å². The normalized spacial score (nSPS) is 17.0. The highest BCUT2D eigenvalue weighted by Gasteiger charge is 2.25. The van der Waals surface area contributed by atoms with E-state index in [2.05, 4.69) is 120 Å². The molecule has 4 atom stereocenters. The molecule has 0 amide bonds. The molecule has 0 aliphatic carbocycles. The van der Waals surface area contributed by atoms with Crippen LogP contribution in [0.2, 0.25) is 0 Å². The van der Waals surface area contributed by atoms with E-state index in [1.54, 1.807) is 26.0 Å². The fourth-order valence-corrected chi connectivity index (χ4v) is 9.68. The summed E-state index contributed by atoms with van der Waals surface area (Å²) >= 11 is 0. The van der Waals surface area contributed by atoms with Crippen LogP contribution in [0, 0.1) is 5.82 Å². The summed E-state index contributed by atoms with van der Waals surface area (Å²) in [5.74, 6) is -0.253. The van der Waals surface area contributed by atoms with E-state index in [-0.39, 0.29) is 59.7 Å². The van der Waals surface area contributed by atoms with E-state index in [1.807, 2.05) is 12.1 Å². The Morgan fingerprint density at radius 2 is 1.06 bits per heavy atom. The molecule has 0 saturated carbocycles. The van der Waals surface area contributed by atoms with Crippen LogP contribution in [0.5, 0.6) is 0 Å². The molecule has 0 unspecified atom stereocenters. The lowest BCUT2D eigenvalue weighted by Crippen LogP contribution is -2.34. The van der Waals surface area contributed by atoms with Gasteiger partial charge in [-0.2, -0.15) is 0 Å². The summed E-state index contributed by atoms with van der Waals surface area (Å²) in [6, 6.07) is 44.1. The van der Waals surface area contributed by atoms with Crippen LogP contribution in [-0.2, 0) is 19.7 Å². The number of benzene rings is 6. The van der Waals surface area contributed by atoms with Crippen molar-refractivity contribution in [3.8, 4) is 0 Å². The van der Waals surface area contributed by atoms with Gasteiger partial charge < -0.3 is 20.9 Å². The fourth-order valence-electron chi connectivity index (χ4n) is 7.91. The van der Waals surface area contributed by atoms with Crippen molar-refractivity contribution in [2.24, 2.45) is 0 Å². The zero-order valence-electron chi connectivity index (χ0n) is 35.7. The van der Waals surface area contributed by atoms with Crippen molar-refractivity contribution in [1.82, 2.24) is 16.0 Å². The van der Waals surface area contributed by atoms with Crippen molar-refractivity contribution in [2.75, 3.05) is 42.6 Å². The third-order valence-corrected chi connectivity index (χ3v) is 14.8. The van der Waals surface area contributed by atoms with Crippen LogP contribution in [0.3, 0.4) is 0 Å². The van der Waals surface area contributed by atoms with Crippen LogP contribution >= 0.6 is 37.2 Å². The van der Waals surface area contributed by atoms with Gasteiger partial charge in [0.05, 0.1) is 21.3 Å². The molecule has 6 aromatic rings. The topological polar surface area (TPSA) is 108 Å². The highest BCUT2D eigenvalue weighted by Crippen LogP contribution is 2.28. The minimum atomic E-state index is -3.18. The Balaban J connectivity index is 0.000000266. The molecule has 2 fully saturated rings. The number of halogens is 4. The van der Waals surface area contributed by atoms with Gasteiger partial charge in [-0.25, -0.2) is 21.2 Å². The van der Waals surface area contributed by atoms with Crippen LogP contribution in [0.15, 0.2) is 143 Å². The van der Waals surface area contributed by atoms with Gasteiger partial charge in [0.15, 0.2) is 19.7 Å². The lowest BCUT2D eigenvalue weighted by Gasteiger charge is -2.23. The van der Waals surface area contributed by atoms with Gasteiger partial charge in [0.25, 0.3) is 0 Å². The molecule has 2 saturated heterocycles. The first-order valence-electron chi connectivity index (χ1n) is 20.6. The molecule has 3 N–H and O–H groups in total. The molecule has 8 nitrogen and oxygen atoms in total. The van der Waals surface area contributed by atoms with Crippen molar-refractivity contribution in [1.29, 1.82) is 0 Å². The number of fused-ring (bicyclic) bond motifs is 2. The van der Waals surface area contributed by atoms with Gasteiger partial charge in [0.1, 0.15) is 5.82 Å². The summed E-state index contributed by atoms with van der Waals surface area (Å²) in [5, 5.41) is 16.2. The van der Waals surface area contributed by atoms with E-state index in [0.29, 0.717) is 23.0 Å². The molecular formula is C48H60Cl3FN4O4S2. The average Bonchev–Trinajstić information content (AvgIpc) is 3.96. The number of rotatable bonds is 11. The molecule has 0 radical (unpaired) electrons. The molecule has 336 valence electrons. The van der Waals surface area contributed by atoms with Gasteiger partial charge in [-0.15, -0.1) is 37.2 Å². The molecule has 8 rings (SSSR count). The van der Waals surface area contributed by atoms with Crippen LogP contribution in [0.1, 0.15) is 63.7 Å². The quantitative estimate of drug-likeness (QED) is 0.110. The lowest BCUT2D eigenvalue weighted by molar-refractivity contribution is 0.480. The molecule has 2 aliphatic heterocycles. The van der Waals surface area contributed by atoms with Crippen LogP contribution in [-0.4, -0.2) is 66.6 Å². The minimum absolute atomic E-state index is 0. The molecule has 14 heteroatoms. The number of sulfone groups is 2. The first-order chi connectivity index (χ1) is 28.4. The monoisotopic (exact) mass is 944 g/mol. The largest absolute Gasteiger partial charge is 0.370 e. The maximum absolute atomic E-state index is 12.4.